The van der Waals surface area contributed by atoms with Gasteiger partial charge in [0.05, 0.1) is 28.6 Å². The molecule has 5 aromatic rings. The van der Waals surface area contributed by atoms with Crippen molar-refractivity contribution < 1.29 is 24.4 Å². The first-order chi connectivity index (χ1) is 21.3. The van der Waals surface area contributed by atoms with Crippen LogP contribution in [-0.2, 0) is 4.79 Å². The average Bonchev–Trinajstić information content (AvgIpc) is 3.02. The molecule has 44 heavy (non-hydrogen) atoms. The number of para-hydroxylation sites is 2. The van der Waals surface area contributed by atoms with Crippen LogP contribution in [0.2, 0.25) is 5.02 Å². The molecule has 10 heteroatoms. The maximum atomic E-state index is 13.5. The average molecular weight is 608 g/mol. The molecule has 0 heterocycles. The third-order valence-electron chi connectivity index (χ3n) is 6.75. The normalized spacial score (nSPS) is 11.3. The minimum absolute atomic E-state index is 0.0700. The molecule has 0 saturated carbocycles. The molecule has 0 bridgehead atoms. The van der Waals surface area contributed by atoms with Crippen LogP contribution in [0.5, 0.6) is 11.5 Å². The molecule has 1 atom stereocenters. The predicted octanol–water partition coefficient (Wildman–Crippen LogP) is 8.40. The SMILES string of the molecule is O=C(O)CC(NC(=O)c1cc(Cl)ccc1Nc1ccc([N+](=O)[O-])cc1)c1ccc(-c2ccccc2Oc2ccccc2)cc1. The van der Waals surface area contributed by atoms with E-state index in [1.165, 1.54) is 30.3 Å². The lowest BCUT2D eigenvalue weighted by Gasteiger charge is -2.20. The van der Waals surface area contributed by atoms with Crippen LogP contribution in [0.15, 0.2) is 121 Å². The van der Waals surface area contributed by atoms with Crippen molar-refractivity contribution in [3.8, 4) is 22.6 Å². The molecular weight excluding hydrogens is 582 g/mol. The van der Waals surface area contributed by atoms with Crippen molar-refractivity contribution in [3.05, 3.63) is 148 Å². The highest BCUT2D eigenvalue weighted by Crippen LogP contribution is 2.34. The second-order valence-corrected chi connectivity index (χ2v) is 10.2. The Kier molecular flexibility index (Phi) is 9.17. The predicted molar refractivity (Wildman–Crippen MR) is 169 cm³/mol. The number of nitrogens with one attached hydrogen (secondary N) is 2. The molecule has 3 N–H and O–H groups in total. The number of rotatable bonds is 11. The zero-order valence-electron chi connectivity index (χ0n) is 23.1. The summed E-state index contributed by atoms with van der Waals surface area (Å²) in [6, 6.07) is 33.8. The smallest absolute Gasteiger partial charge is 0.305 e. The number of halogens is 1. The molecule has 0 aromatic heterocycles. The first-order valence-corrected chi connectivity index (χ1v) is 13.9. The molecule has 0 fully saturated rings. The van der Waals surface area contributed by atoms with Crippen molar-refractivity contribution in [2.75, 3.05) is 5.32 Å². The third kappa shape index (κ3) is 7.39. The van der Waals surface area contributed by atoms with Crippen LogP contribution in [0.3, 0.4) is 0 Å². The van der Waals surface area contributed by atoms with E-state index in [-0.39, 0.29) is 17.7 Å². The number of amides is 1. The van der Waals surface area contributed by atoms with Crippen molar-refractivity contribution in [1.29, 1.82) is 0 Å². The molecule has 9 nitrogen and oxygen atoms in total. The van der Waals surface area contributed by atoms with Crippen LogP contribution < -0.4 is 15.4 Å². The minimum atomic E-state index is -1.09. The van der Waals surface area contributed by atoms with Crippen LogP contribution in [0, 0.1) is 10.1 Å². The second kappa shape index (κ2) is 13.5. The number of anilines is 2. The number of nitrogens with zero attached hydrogens (tertiary/aromatic N) is 1. The molecule has 5 rings (SSSR count). The lowest BCUT2D eigenvalue weighted by molar-refractivity contribution is -0.384. The van der Waals surface area contributed by atoms with Gasteiger partial charge in [-0.05, 0) is 59.7 Å². The highest BCUT2D eigenvalue weighted by molar-refractivity contribution is 6.31. The van der Waals surface area contributed by atoms with Gasteiger partial charge in [0.25, 0.3) is 11.6 Å². The number of carbonyl (C=O) groups excluding carboxylic acids is 1. The molecular formula is C34H26ClN3O6. The minimum Gasteiger partial charge on any atom is -0.481 e. The van der Waals surface area contributed by atoms with Crippen molar-refractivity contribution in [2.45, 2.75) is 12.5 Å². The fraction of sp³-hybridized carbons (Fsp3) is 0.0588. The molecule has 0 aliphatic rings. The topological polar surface area (TPSA) is 131 Å². The van der Waals surface area contributed by atoms with Crippen molar-refractivity contribution in [2.24, 2.45) is 0 Å². The largest absolute Gasteiger partial charge is 0.481 e. The highest BCUT2D eigenvalue weighted by Gasteiger charge is 2.22. The van der Waals surface area contributed by atoms with E-state index in [1.54, 1.807) is 24.3 Å². The maximum Gasteiger partial charge on any atom is 0.305 e. The number of nitro benzene ring substituents is 1. The molecule has 0 radical (unpaired) electrons. The fourth-order valence-corrected chi connectivity index (χ4v) is 4.77. The lowest BCUT2D eigenvalue weighted by atomic mass is 9.98. The standard InChI is InChI=1S/C34H26ClN3O6/c35-24-14-19-30(36-25-15-17-26(18-16-25)38(42)43)29(20-24)34(41)37-31(21-33(39)40)23-12-10-22(11-13-23)28-8-4-5-9-32(28)44-27-6-2-1-3-7-27/h1-20,31,36H,21H2,(H,37,41)(H,39,40). The van der Waals surface area contributed by atoms with Gasteiger partial charge in [0.1, 0.15) is 11.5 Å². The van der Waals surface area contributed by atoms with Gasteiger partial charge in [0.2, 0.25) is 0 Å². The summed E-state index contributed by atoms with van der Waals surface area (Å²) in [4.78, 5) is 35.8. The lowest BCUT2D eigenvalue weighted by Crippen LogP contribution is -2.30. The summed E-state index contributed by atoms with van der Waals surface area (Å²) in [6.45, 7) is 0. The van der Waals surface area contributed by atoms with Crippen molar-refractivity contribution >= 4 is 40.5 Å². The molecule has 1 unspecified atom stereocenters. The Balaban J connectivity index is 1.38. The summed E-state index contributed by atoms with van der Waals surface area (Å²) < 4.78 is 6.09. The third-order valence-corrected chi connectivity index (χ3v) is 6.98. The van der Waals surface area contributed by atoms with Gasteiger partial charge in [0.15, 0.2) is 0 Å². The number of carbonyl (C=O) groups is 2. The molecule has 5 aromatic carbocycles. The summed E-state index contributed by atoms with van der Waals surface area (Å²) in [5.41, 5.74) is 3.31. The first kappa shape index (κ1) is 29.8. The molecule has 0 aliphatic carbocycles. The van der Waals surface area contributed by atoms with Gasteiger partial charge in [-0.15, -0.1) is 0 Å². The van der Waals surface area contributed by atoms with Gasteiger partial charge in [0, 0.05) is 28.4 Å². The quantitative estimate of drug-likeness (QED) is 0.101. The van der Waals surface area contributed by atoms with E-state index in [2.05, 4.69) is 10.6 Å². The van der Waals surface area contributed by atoms with E-state index in [1.807, 2.05) is 66.7 Å². The van der Waals surface area contributed by atoms with E-state index in [0.717, 1.165) is 11.1 Å². The number of benzene rings is 5. The molecule has 0 aliphatic heterocycles. The Bertz CT molecular complexity index is 1800. The maximum absolute atomic E-state index is 13.5. The number of carboxylic acids is 1. The van der Waals surface area contributed by atoms with Crippen molar-refractivity contribution in [3.63, 3.8) is 0 Å². The Morgan fingerprint density at radius 2 is 1.55 bits per heavy atom. The number of aliphatic carboxylic acids is 1. The van der Waals surface area contributed by atoms with E-state index in [0.29, 0.717) is 33.5 Å². The number of nitro groups is 1. The van der Waals surface area contributed by atoms with E-state index >= 15 is 0 Å². The first-order valence-electron chi connectivity index (χ1n) is 13.5. The van der Waals surface area contributed by atoms with Crippen LogP contribution >= 0.6 is 11.6 Å². The van der Waals surface area contributed by atoms with Gasteiger partial charge in [-0.2, -0.15) is 0 Å². The van der Waals surface area contributed by atoms with E-state index < -0.39 is 22.8 Å². The van der Waals surface area contributed by atoms with Gasteiger partial charge < -0.3 is 20.5 Å². The molecule has 0 saturated heterocycles. The molecule has 220 valence electrons. The Labute approximate surface area is 257 Å². The van der Waals surface area contributed by atoms with Gasteiger partial charge in [-0.3, -0.25) is 19.7 Å². The summed E-state index contributed by atoms with van der Waals surface area (Å²) >= 11 is 6.21. The van der Waals surface area contributed by atoms with E-state index in [9.17, 15) is 24.8 Å². The number of carboxylic acid groups (broad SMARTS) is 1. The van der Waals surface area contributed by atoms with Gasteiger partial charge in [-0.25, -0.2) is 0 Å². The Morgan fingerprint density at radius 1 is 0.864 bits per heavy atom. The van der Waals surface area contributed by atoms with Gasteiger partial charge >= 0.3 is 5.97 Å². The van der Waals surface area contributed by atoms with Crippen LogP contribution in [0.25, 0.3) is 11.1 Å². The summed E-state index contributed by atoms with van der Waals surface area (Å²) in [7, 11) is 0. The number of ether oxygens (including phenoxy) is 1. The zero-order chi connectivity index (χ0) is 31.1. The van der Waals surface area contributed by atoms with Crippen LogP contribution in [0.4, 0.5) is 17.1 Å². The summed E-state index contributed by atoms with van der Waals surface area (Å²) in [5, 5.41) is 26.8. The zero-order valence-corrected chi connectivity index (χ0v) is 23.9. The van der Waals surface area contributed by atoms with Crippen molar-refractivity contribution in [1.82, 2.24) is 5.32 Å². The van der Waals surface area contributed by atoms with Gasteiger partial charge in [-0.1, -0.05) is 72.3 Å². The molecule has 1 amide bonds. The summed E-state index contributed by atoms with van der Waals surface area (Å²) in [5.74, 6) is -0.273. The second-order valence-electron chi connectivity index (χ2n) is 9.78. The number of non-ortho nitro benzene ring substituents is 1. The number of hydrogen-bond donors (Lipinski definition) is 3. The molecule has 0 spiro atoms. The highest BCUT2D eigenvalue weighted by atomic mass is 35.5. The van der Waals surface area contributed by atoms with E-state index in [4.69, 9.17) is 16.3 Å². The number of hydrogen-bond acceptors (Lipinski definition) is 6. The monoisotopic (exact) mass is 607 g/mol. The van der Waals surface area contributed by atoms with Crippen LogP contribution in [-0.4, -0.2) is 21.9 Å². The fourth-order valence-electron chi connectivity index (χ4n) is 4.60. The summed E-state index contributed by atoms with van der Waals surface area (Å²) in [6.07, 6.45) is -0.357. The Hall–Kier alpha value is -5.67. The van der Waals surface area contributed by atoms with Crippen LogP contribution in [0.1, 0.15) is 28.4 Å². The Morgan fingerprint density at radius 3 is 2.23 bits per heavy atom.